The molecule has 0 bridgehead atoms. The largest absolute Gasteiger partial charge is 0.342 e. The van der Waals surface area contributed by atoms with Gasteiger partial charge in [0.15, 0.2) is 0 Å². The lowest BCUT2D eigenvalue weighted by Gasteiger charge is -2.47. The Morgan fingerprint density at radius 2 is 1.32 bits per heavy atom. The molecular formula is C29H51N3O2. The van der Waals surface area contributed by atoms with Crippen LogP contribution in [0.2, 0.25) is 0 Å². The van der Waals surface area contributed by atoms with E-state index in [2.05, 4.69) is 28.5 Å². The summed E-state index contributed by atoms with van der Waals surface area (Å²) in [5.41, 5.74) is 0.504. The first-order chi connectivity index (χ1) is 16.3. The quantitative estimate of drug-likeness (QED) is 0.561. The van der Waals surface area contributed by atoms with Crippen LogP contribution >= 0.6 is 0 Å². The molecule has 0 atom stereocenters. The summed E-state index contributed by atoms with van der Waals surface area (Å²) in [6.07, 6.45) is 12.5. The Morgan fingerprint density at radius 3 is 1.85 bits per heavy atom. The molecule has 194 valence electrons. The number of hydrogen-bond donors (Lipinski definition) is 0. The first-order valence-electron chi connectivity index (χ1n) is 14.6. The fourth-order valence-corrected chi connectivity index (χ4v) is 7.35. The van der Waals surface area contributed by atoms with Gasteiger partial charge in [-0.25, -0.2) is 0 Å². The highest BCUT2D eigenvalue weighted by atomic mass is 16.2. The summed E-state index contributed by atoms with van der Waals surface area (Å²) < 4.78 is 0. The van der Waals surface area contributed by atoms with Crippen LogP contribution in [0.4, 0.5) is 0 Å². The zero-order chi connectivity index (χ0) is 24.3. The van der Waals surface area contributed by atoms with Crippen molar-refractivity contribution in [3.05, 3.63) is 0 Å². The first-order valence-corrected chi connectivity index (χ1v) is 14.6. The second kappa shape index (κ2) is 11.3. The van der Waals surface area contributed by atoms with Gasteiger partial charge in [-0.05, 0) is 87.4 Å². The van der Waals surface area contributed by atoms with Crippen molar-refractivity contribution in [2.24, 2.45) is 35.0 Å². The van der Waals surface area contributed by atoms with Crippen molar-refractivity contribution in [1.82, 2.24) is 14.7 Å². The normalized spacial score (nSPS) is 29.2. The van der Waals surface area contributed by atoms with Crippen LogP contribution in [0.15, 0.2) is 0 Å². The van der Waals surface area contributed by atoms with E-state index in [4.69, 9.17) is 0 Å². The van der Waals surface area contributed by atoms with Crippen molar-refractivity contribution in [2.45, 2.75) is 91.9 Å². The second-order valence-electron chi connectivity index (χ2n) is 12.9. The van der Waals surface area contributed by atoms with E-state index in [9.17, 15) is 9.59 Å². The molecule has 5 heteroatoms. The average molecular weight is 474 g/mol. The Morgan fingerprint density at radius 1 is 0.735 bits per heavy atom. The maximum atomic E-state index is 13.1. The minimum atomic E-state index is 0.125. The Hall–Kier alpha value is -1.10. The molecule has 5 nitrogen and oxygen atoms in total. The van der Waals surface area contributed by atoms with Crippen LogP contribution in [0.1, 0.15) is 91.9 Å². The standard InChI is InChI=1S/C29H51N3O2/c1-22(2)25-5-7-26(8-6-25)28(34)32-19-17-30(18-20-32)21-24-9-11-29(12-10-24)13-15-31(16-14-29)27(33)23(3)4/h22-26H,5-21H2,1-4H3. The number of nitrogens with zero attached hydrogens (tertiary/aromatic N) is 3. The van der Waals surface area contributed by atoms with Crippen molar-refractivity contribution in [3.63, 3.8) is 0 Å². The monoisotopic (exact) mass is 473 g/mol. The number of carbonyl (C=O) groups is 2. The van der Waals surface area contributed by atoms with E-state index in [-0.39, 0.29) is 5.92 Å². The summed E-state index contributed by atoms with van der Waals surface area (Å²) in [4.78, 5) is 32.3. The lowest BCUT2D eigenvalue weighted by atomic mass is 9.65. The third-order valence-corrected chi connectivity index (χ3v) is 10.1. The molecule has 0 aromatic carbocycles. The summed E-state index contributed by atoms with van der Waals surface area (Å²) in [7, 11) is 0. The summed E-state index contributed by atoms with van der Waals surface area (Å²) in [6.45, 7) is 15.8. The first kappa shape index (κ1) is 26.0. The number of piperidine rings is 1. The average Bonchev–Trinajstić information content (AvgIpc) is 2.85. The molecule has 2 heterocycles. The highest BCUT2D eigenvalue weighted by molar-refractivity contribution is 5.79. The minimum absolute atomic E-state index is 0.125. The molecule has 2 aliphatic carbocycles. The van der Waals surface area contributed by atoms with Gasteiger partial charge in [0.25, 0.3) is 0 Å². The topological polar surface area (TPSA) is 43.9 Å². The number of rotatable bonds is 5. The van der Waals surface area contributed by atoms with Gasteiger partial charge < -0.3 is 9.80 Å². The molecule has 4 fully saturated rings. The van der Waals surface area contributed by atoms with Gasteiger partial charge in [0, 0.05) is 57.6 Å². The van der Waals surface area contributed by atoms with E-state index in [0.29, 0.717) is 23.1 Å². The maximum Gasteiger partial charge on any atom is 0.225 e. The fourth-order valence-electron chi connectivity index (χ4n) is 7.35. The predicted octanol–water partition coefficient (Wildman–Crippen LogP) is 5.05. The highest BCUT2D eigenvalue weighted by Crippen LogP contribution is 2.46. The van der Waals surface area contributed by atoms with E-state index in [0.717, 1.165) is 69.9 Å². The van der Waals surface area contributed by atoms with E-state index in [1.807, 2.05) is 13.8 Å². The number of hydrogen-bond acceptors (Lipinski definition) is 3. The van der Waals surface area contributed by atoms with Gasteiger partial charge in [-0.2, -0.15) is 0 Å². The van der Waals surface area contributed by atoms with Crippen molar-refractivity contribution in [3.8, 4) is 0 Å². The van der Waals surface area contributed by atoms with Crippen LogP contribution in [-0.2, 0) is 9.59 Å². The zero-order valence-corrected chi connectivity index (χ0v) is 22.6. The lowest BCUT2D eigenvalue weighted by Crippen LogP contribution is -2.52. The van der Waals surface area contributed by atoms with Gasteiger partial charge >= 0.3 is 0 Å². The van der Waals surface area contributed by atoms with Crippen LogP contribution in [0.25, 0.3) is 0 Å². The summed E-state index contributed by atoms with van der Waals surface area (Å²) >= 11 is 0. The molecule has 2 saturated carbocycles. The van der Waals surface area contributed by atoms with Gasteiger partial charge in [-0.3, -0.25) is 14.5 Å². The molecule has 2 saturated heterocycles. The minimum Gasteiger partial charge on any atom is -0.342 e. The highest BCUT2D eigenvalue weighted by Gasteiger charge is 2.40. The molecule has 0 radical (unpaired) electrons. The molecule has 34 heavy (non-hydrogen) atoms. The third kappa shape index (κ3) is 6.17. The van der Waals surface area contributed by atoms with Crippen LogP contribution < -0.4 is 0 Å². The van der Waals surface area contributed by atoms with Crippen LogP contribution in [0, 0.1) is 35.0 Å². The number of piperazine rings is 1. The third-order valence-electron chi connectivity index (χ3n) is 10.1. The zero-order valence-electron chi connectivity index (χ0n) is 22.6. The van der Waals surface area contributed by atoms with Crippen LogP contribution in [-0.4, -0.2) is 72.3 Å². The molecule has 0 aromatic heterocycles. The Kier molecular flexibility index (Phi) is 8.64. The van der Waals surface area contributed by atoms with Gasteiger partial charge in [-0.15, -0.1) is 0 Å². The summed E-state index contributed by atoms with van der Waals surface area (Å²) in [5.74, 6) is 3.60. The number of amides is 2. The van der Waals surface area contributed by atoms with Crippen molar-refractivity contribution in [1.29, 1.82) is 0 Å². The molecule has 4 aliphatic rings. The molecule has 1 spiro atoms. The number of likely N-dealkylation sites (tertiary alicyclic amines) is 1. The molecule has 0 N–H and O–H groups in total. The number of carbonyl (C=O) groups excluding carboxylic acids is 2. The van der Waals surface area contributed by atoms with Gasteiger partial charge in [-0.1, -0.05) is 27.7 Å². The SMILES string of the molecule is CC(C)C(=O)N1CCC2(CCC(CN3CCN(C(=O)C4CCC(C(C)C)CC4)CC3)CC2)CC1. The van der Waals surface area contributed by atoms with Crippen molar-refractivity contribution >= 4 is 11.8 Å². The molecular weight excluding hydrogens is 422 g/mol. The smallest absolute Gasteiger partial charge is 0.225 e. The van der Waals surface area contributed by atoms with Gasteiger partial charge in [0.05, 0.1) is 0 Å². The molecule has 0 unspecified atom stereocenters. The van der Waals surface area contributed by atoms with Crippen molar-refractivity contribution < 1.29 is 9.59 Å². The van der Waals surface area contributed by atoms with E-state index >= 15 is 0 Å². The molecule has 4 rings (SSSR count). The summed E-state index contributed by atoms with van der Waals surface area (Å²) in [5, 5.41) is 0. The molecule has 0 aromatic rings. The Balaban J connectivity index is 1.14. The van der Waals surface area contributed by atoms with Crippen LogP contribution in [0.3, 0.4) is 0 Å². The van der Waals surface area contributed by atoms with E-state index in [1.165, 1.54) is 57.9 Å². The van der Waals surface area contributed by atoms with Gasteiger partial charge in [0.2, 0.25) is 11.8 Å². The molecule has 2 aliphatic heterocycles. The van der Waals surface area contributed by atoms with Gasteiger partial charge in [0.1, 0.15) is 0 Å². The van der Waals surface area contributed by atoms with Crippen LogP contribution in [0.5, 0.6) is 0 Å². The fraction of sp³-hybridized carbons (Fsp3) is 0.931. The summed E-state index contributed by atoms with van der Waals surface area (Å²) in [6, 6.07) is 0. The van der Waals surface area contributed by atoms with Crippen molar-refractivity contribution in [2.75, 3.05) is 45.8 Å². The Labute approximate surface area is 209 Å². The van der Waals surface area contributed by atoms with E-state index < -0.39 is 0 Å². The maximum absolute atomic E-state index is 13.1. The molecule has 2 amide bonds. The van der Waals surface area contributed by atoms with E-state index in [1.54, 1.807) is 0 Å². The Bertz CT molecular complexity index is 671. The predicted molar refractivity (Wildman–Crippen MR) is 138 cm³/mol. The second-order valence-corrected chi connectivity index (χ2v) is 12.9. The lowest BCUT2D eigenvalue weighted by molar-refractivity contribution is -0.139.